The molecular weight excluding hydrogens is 507 g/mol. The van der Waals surface area contributed by atoms with Crippen LogP contribution in [0.5, 0.6) is 11.8 Å². The summed E-state index contributed by atoms with van der Waals surface area (Å²) in [5.41, 5.74) is 0.487. The van der Waals surface area contributed by atoms with E-state index in [2.05, 4.69) is 15.0 Å². The first kappa shape index (κ1) is 26.6. The Hall–Kier alpha value is -3.96. The Labute approximate surface area is 225 Å². The lowest BCUT2D eigenvalue weighted by atomic mass is 10.0. The Morgan fingerprint density at radius 3 is 2.64 bits per heavy atom. The van der Waals surface area contributed by atoms with Gasteiger partial charge in [-0.15, -0.1) is 0 Å². The molecular formula is C27H33FN6O5. The van der Waals surface area contributed by atoms with Crippen LogP contribution < -0.4 is 20.1 Å². The number of ether oxygens (including phenoxy) is 3. The summed E-state index contributed by atoms with van der Waals surface area (Å²) in [6, 6.07) is 1.40. The van der Waals surface area contributed by atoms with Gasteiger partial charge >= 0.3 is 11.8 Å². The van der Waals surface area contributed by atoms with Gasteiger partial charge in [0.05, 0.1) is 24.5 Å². The summed E-state index contributed by atoms with van der Waals surface area (Å²) < 4.78 is 34.3. The average Bonchev–Trinajstić information content (AvgIpc) is 3.01. The van der Waals surface area contributed by atoms with E-state index in [1.54, 1.807) is 17.2 Å². The lowest BCUT2D eigenvalue weighted by molar-refractivity contribution is 0.0201. The monoisotopic (exact) mass is 540 g/mol. The Morgan fingerprint density at radius 1 is 1.23 bits per heavy atom. The van der Waals surface area contributed by atoms with Crippen LogP contribution in [0.15, 0.2) is 17.1 Å². The van der Waals surface area contributed by atoms with Crippen LogP contribution in [0.2, 0.25) is 0 Å². The maximum Gasteiger partial charge on any atom is 0.410 e. The molecule has 0 unspecified atom stereocenters. The third-order valence-corrected chi connectivity index (χ3v) is 6.83. The van der Waals surface area contributed by atoms with Crippen molar-refractivity contribution < 1.29 is 23.4 Å². The van der Waals surface area contributed by atoms with E-state index in [0.717, 1.165) is 5.56 Å². The molecule has 1 atom stereocenters. The van der Waals surface area contributed by atoms with Gasteiger partial charge in [-0.05, 0) is 45.2 Å². The molecule has 5 heterocycles. The van der Waals surface area contributed by atoms with Crippen LogP contribution in [0.3, 0.4) is 0 Å². The van der Waals surface area contributed by atoms with Crippen molar-refractivity contribution in [2.24, 2.45) is 0 Å². The molecule has 5 rings (SSSR count). The predicted molar refractivity (Wildman–Crippen MR) is 143 cm³/mol. The van der Waals surface area contributed by atoms with Gasteiger partial charge in [-0.2, -0.15) is 14.4 Å². The number of hydrogen-bond donors (Lipinski definition) is 0. The molecule has 39 heavy (non-hydrogen) atoms. The highest BCUT2D eigenvalue weighted by Crippen LogP contribution is 2.40. The number of methoxy groups -OCH3 is 1. The second-order valence-corrected chi connectivity index (χ2v) is 11.1. The molecule has 0 saturated carbocycles. The first-order valence-electron chi connectivity index (χ1n) is 12.9. The van der Waals surface area contributed by atoms with Crippen LogP contribution in [0.1, 0.15) is 51.8 Å². The van der Waals surface area contributed by atoms with E-state index in [0.29, 0.717) is 24.5 Å². The molecule has 1 fully saturated rings. The van der Waals surface area contributed by atoms with Crippen LogP contribution >= 0.6 is 0 Å². The number of carbonyl (C=O) groups is 1. The second-order valence-electron chi connectivity index (χ2n) is 11.1. The highest BCUT2D eigenvalue weighted by atomic mass is 19.1. The third kappa shape index (κ3) is 4.61. The fourth-order valence-corrected chi connectivity index (χ4v) is 5.10. The molecule has 208 valence electrons. The number of carbonyl (C=O) groups excluding carboxylic acids is 1. The van der Waals surface area contributed by atoms with Crippen molar-refractivity contribution in [1.29, 1.82) is 0 Å². The highest BCUT2D eigenvalue weighted by molar-refractivity contribution is 5.96. The zero-order chi connectivity index (χ0) is 28.2. The Morgan fingerprint density at radius 2 is 1.97 bits per heavy atom. The zero-order valence-electron chi connectivity index (χ0n) is 23.2. The van der Waals surface area contributed by atoms with E-state index < -0.39 is 23.2 Å². The Kier molecular flexibility index (Phi) is 6.59. The first-order valence-corrected chi connectivity index (χ1v) is 12.9. The fourth-order valence-electron chi connectivity index (χ4n) is 5.10. The van der Waals surface area contributed by atoms with E-state index in [9.17, 15) is 9.59 Å². The van der Waals surface area contributed by atoms with Crippen molar-refractivity contribution in [3.8, 4) is 17.4 Å². The van der Waals surface area contributed by atoms with Crippen molar-refractivity contribution in [3.63, 3.8) is 0 Å². The van der Waals surface area contributed by atoms with E-state index in [1.807, 2.05) is 46.4 Å². The molecule has 0 aliphatic carbocycles. The predicted octanol–water partition coefficient (Wildman–Crippen LogP) is 3.57. The van der Waals surface area contributed by atoms with Crippen LogP contribution in [-0.2, 0) is 4.74 Å². The molecule has 0 radical (unpaired) electrons. The third-order valence-electron chi connectivity index (χ3n) is 6.83. The summed E-state index contributed by atoms with van der Waals surface area (Å²) in [7, 11) is 1.31. The van der Waals surface area contributed by atoms with E-state index in [-0.39, 0.29) is 53.6 Å². The van der Waals surface area contributed by atoms with Crippen LogP contribution in [0, 0.1) is 12.7 Å². The maximum absolute atomic E-state index is 16.1. The molecule has 2 aliphatic rings. The van der Waals surface area contributed by atoms with E-state index in [4.69, 9.17) is 14.2 Å². The summed E-state index contributed by atoms with van der Waals surface area (Å²) in [6.45, 7) is 12.3. The Balaban J connectivity index is 1.71. The second kappa shape index (κ2) is 9.65. The minimum atomic E-state index is -0.801. The first-order chi connectivity index (χ1) is 18.4. The van der Waals surface area contributed by atoms with Crippen molar-refractivity contribution in [3.05, 3.63) is 39.8 Å². The van der Waals surface area contributed by atoms with Gasteiger partial charge in [0.15, 0.2) is 0 Å². The average molecular weight is 541 g/mol. The van der Waals surface area contributed by atoms with Crippen LogP contribution in [-0.4, -0.2) is 75.5 Å². The SMILES string of the molecule is COc1nc2c3c(nc(=O)n(-c4c(C)ccnc4C(C)C)c3c1F)N1CCN(C(=O)OC(C)(C)C)C[C@H]1CO2. The summed E-state index contributed by atoms with van der Waals surface area (Å²) in [5, 5.41) is 0.263. The molecule has 0 spiro atoms. The smallest absolute Gasteiger partial charge is 0.410 e. The van der Waals surface area contributed by atoms with Gasteiger partial charge in [-0.25, -0.2) is 9.59 Å². The number of rotatable bonds is 3. The number of aromatic nitrogens is 4. The summed E-state index contributed by atoms with van der Waals surface area (Å²) >= 11 is 0. The summed E-state index contributed by atoms with van der Waals surface area (Å²) in [5.74, 6) is -0.792. The molecule has 0 N–H and O–H groups in total. The molecule has 3 aromatic heterocycles. The maximum atomic E-state index is 16.1. The van der Waals surface area contributed by atoms with Gasteiger partial charge in [-0.3, -0.25) is 9.55 Å². The quantitative estimate of drug-likeness (QED) is 0.492. The fraction of sp³-hybridized carbons (Fsp3) is 0.519. The van der Waals surface area contributed by atoms with Gasteiger partial charge in [0.2, 0.25) is 11.7 Å². The Bertz CT molecular complexity index is 1520. The standard InChI is InChI=1S/C27H33FN6O5/c1-14(2)19-20(15(3)8-9-29-19)34-21-17-22(30-25(34)35)33-11-10-32(26(36)39-27(4,5)6)12-16(33)13-38-23(17)31-24(37-7)18(21)28/h8-9,14,16H,10-13H2,1-7H3/t16-/m0/s1. The number of halogens is 1. The summed E-state index contributed by atoms with van der Waals surface area (Å²) in [4.78, 5) is 43.3. The van der Waals surface area contributed by atoms with Gasteiger partial charge in [0.25, 0.3) is 5.88 Å². The number of fused-ring (bicyclic) bond motifs is 2. The highest BCUT2D eigenvalue weighted by Gasteiger charge is 2.38. The van der Waals surface area contributed by atoms with E-state index >= 15 is 4.39 Å². The zero-order valence-corrected chi connectivity index (χ0v) is 23.2. The van der Waals surface area contributed by atoms with Gasteiger partial charge in [-0.1, -0.05) is 13.8 Å². The summed E-state index contributed by atoms with van der Waals surface area (Å²) in [6.07, 6.45) is 1.23. The number of hydrogen-bond acceptors (Lipinski definition) is 9. The molecule has 1 amide bonds. The minimum absolute atomic E-state index is 0.0416. The normalized spacial score (nSPS) is 17.1. The number of nitrogens with zero attached hydrogens (tertiary/aromatic N) is 6. The molecule has 3 aromatic rings. The molecule has 12 heteroatoms. The van der Waals surface area contributed by atoms with E-state index in [1.165, 1.54) is 11.7 Å². The number of aryl methyl sites for hydroxylation is 1. The van der Waals surface area contributed by atoms with Gasteiger partial charge in [0, 0.05) is 25.8 Å². The van der Waals surface area contributed by atoms with Crippen molar-refractivity contribution in [2.45, 2.75) is 59.1 Å². The van der Waals surface area contributed by atoms with Crippen molar-refractivity contribution >= 4 is 22.8 Å². The lowest BCUT2D eigenvalue weighted by Crippen LogP contribution is -2.57. The molecule has 1 saturated heterocycles. The number of anilines is 1. The molecule has 2 aliphatic heterocycles. The van der Waals surface area contributed by atoms with Crippen LogP contribution in [0.25, 0.3) is 16.6 Å². The molecule has 0 aromatic carbocycles. The lowest BCUT2D eigenvalue weighted by Gasteiger charge is -2.41. The van der Waals surface area contributed by atoms with Crippen LogP contribution in [0.4, 0.5) is 15.0 Å². The van der Waals surface area contributed by atoms with Crippen molar-refractivity contribution in [1.82, 2.24) is 24.4 Å². The number of amides is 1. The topological polar surface area (TPSA) is 112 Å². The van der Waals surface area contributed by atoms with Crippen molar-refractivity contribution in [2.75, 3.05) is 38.3 Å². The molecule has 0 bridgehead atoms. The number of piperazine rings is 1. The number of pyridine rings is 2. The minimum Gasteiger partial charge on any atom is -0.479 e. The molecule has 11 nitrogen and oxygen atoms in total. The van der Waals surface area contributed by atoms with Gasteiger partial charge < -0.3 is 24.0 Å². The van der Waals surface area contributed by atoms with Gasteiger partial charge in [0.1, 0.15) is 28.9 Å². The largest absolute Gasteiger partial charge is 0.479 e.